The molecule has 1 aromatic carbocycles. The van der Waals surface area contributed by atoms with Gasteiger partial charge in [0, 0.05) is 38.3 Å². The van der Waals surface area contributed by atoms with Crippen LogP contribution in [-0.4, -0.2) is 70.4 Å². The highest BCUT2D eigenvalue weighted by molar-refractivity contribution is 6.31. The number of aryl methyl sites for hydroxylation is 1. The second-order valence-electron chi connectivity index (χ2n) is 5.78. The number of amides is 2. The molecule has 1 aliphatic rings. The Morgan fingerprint density at radius 3 is 2.35 bits per heavy atom. The van der Waals surface area contributed by atoms with Gasteiger partial charge in [-0.05, 0) is 18.6 Å². The van der Waals surface area contributed by atoms with Crippen LogP contribution in [0.2, 0.25) is 0 Å². The zero-order chi connectivity index (χ0) is 19.3. The van der Waals surface area contributed by atoms with Crippen LogP contribution in [0.25, 0.3) is 0 Å². The number of nitro benzene ring substituents is 1. The summed E-state index contributed by atoms with van der Waals surface area (Å²) in [7, 11) is 0. The van der Waals surface area contributed by atoms with E-state index in [4.69, 9.17) is 9.84 Å². The van der Waals surface area contributed by atoms with Crippen LogP contribution in [0.4, 0.5) is 5.69 Å². The van der Waals surface area contributed by atoms with Gasteiger partial charge in [-0.3, -0.25) is 19.7 Å². The molecular weight excluding hydrogens is 346 g/mol. The molecule has 0 unspecified atom stereocenters. The van der Waals surface area contributed by atoms with Crippen molar-refractivity contribution in [1.82, 2.24) is 9.80 Å². The van der Waals surface area contributed by atoms with Gasteiger partial charge in [-0.15, -0.1) is 0 Å². The van der Waals surface area contributed by atoms with Crippen molar-refractivity contribution < 1.29 is 29.2 Å². The van der Waals surface area contributed by atoms with E-state index < -0.39 is 16.8 Å². The number of carboxylic acids is 1. The van der Waals surface area contributed by atoms with Gasteiger partial charge in [-0.25, -0.2) is 4.79 Å². The number of non-ortho nitro benzene ring substituents is 1. The molecule has 0 spiro atoms. The Hall–Kier alpha value is -3.17. The lowest BCUT2D eigenvalue weighted by Crippen LogP contribution is -2.52. The van der Waals surface area contributed by atoms with E-state index >= 15 is 0 Å². The summed E-state index contributed by atoms with van der Waals surface area (Å²) < 4.78 is 5.51. The largest absolute Gasteiger partial charge is 0.493 e. The summed E-state index contributed by atoms with van der Waals surface area (Å²) >= 11 is 0. The van der Waals surface area contributed by atoms with Gasteiger partial charge in [0.25, 0.3) is 5.69 Å². The minimum absolute atomic E-state index is 0.0281. The Bertz CT molecular complexity index is 727. The maximum Gasteiger partial charge on any atom is 0.394 e. The van der Waals surface area contributed by atoms with Gasteiger partial charge in [-0.1, -0.05) is 0 Å². The second kappa shape index (κ2) is 8.28. The molecule has 2 amide bonds. The second-order valence-corrected chi connectivity index (χ2v) is 5.78. The number of nitrogens with zero attached hydrogens (tertiary/aromatic N) is 3. The molecule has 0 saturated carbocycles. The van der Waals surface area contributed by atoms with Crippen LogP contribution < -0.4 is 4.74 Å². The van der Waals surface area contributed by atoms with Crippen LogP contribution in [0.5, 0.6) is 5.75 Å². The molecule has 1 fully saturated rings. The van der Waals surface area contributed by atoms with E-state index in [1.165, 1.54) is 23.1 Å². The molecule has 1 saturated heterocycles. The number of hydrogen-bond acceptors (Lipinski definition) is 6. The first kappa shape index (κ1) is 19.2. The van der Waals surface area contributed by atoms with Crippen molar-refractivity contribution >= 4 is 23.5 Å². The lowest BCUT2D eigenvalue weighted by Gasteiger charge is -2.33. The van der Waals surface area contributed by atoms with E-state index in [0.29, 0.717) is 11.3 Å². The number of ether oxygens (including phenoxy) is 1. The first-order chi connectivity index (χ1) is 12.3. The highest BCUT2D eigenvalue weighted by atomic mass is 16.6. The van der Waals surface area contributed by atoms with Gasteiger partial charge in [-0.2, -0.15) is 0 Å². The van der Waals surface area contributed by atoms with Gasteiger partial charge < -0.3 is 19.6 Å². The molecule has 10 heteroatoms. The van der Waals surface area contributed by atoms with Crippen molar-refractivity contribution in [2.75, 3.05) is 32.8 Å². The quantitative estimate of drug-likeness (QED) is 0.455. The number of hydrogen-bond donors (Lipinski definition) is 1. The average Bonchev–Trinajstić information content (AvgIpc) is 2.62. The molecule has 0 bridgehead atoms. The van der Waals surface area contributed by atoms with Gasteiger partial charge in [0.15, 0.2) is 0 Å². The molecule has 2 rings (SSSR count). The highest BCUT2D eigenvalue weighted by Crippen LogP contribution is 2.23. The average molecular weight is 365 g/mol. The summed E-state index contributed by atoms with van der Waals surface area (Å²) in [6.07, 6.45) is 0.114. The maximum atomic E-state index is 12.2. The lowest BCUT2D eigenvalue weighted by atomic mass is 10.2. The Labute approximate surface area is 149 Å². The van der Waals surface area contributed by atoms with Crippen molar-refractivity contribution in [1.29, 1.82) is 0 Å². The number of carbonyl (C=O) groups is 3. The Morgan fingerprint density at radius 2 is 1.81 bits per heavy atom. The molecule has 1 heterocycles. The highest BCUT2D eigenvalue weighted by Gasteiger charge is 2.27. The fraction of sp³-hybridized carbons (Fsp3) is 0.438. The van der Waals surface area contributed by atoms with E-state index in [2.05, 4.69) is 0 Å². The summed E-state index contributed by atoms with van der Waals surface area (Å²) in [6, 6.07) is 4.23. The molecular formula is C16H19N3O7. The van der Waals surface area contributed by atoms with Crippen LogP contribution in [0, 0.1) is 17.0 Å². The summed E-state index contributed by atoms with van der Waals surface area (Å²) in [5, 5.41) is 19.4. The number of carboxylic acid groups (broad SMARTS) is 1. The SMILES string of the molecule is Cc1cc([N+](=O)[O-])ccc1OCCC(=O)N1CCN(C(=O)C(=O)O)CC1. The van der Waals surface area contributed by atoms with Crippen molar-refractivity contribution in [3.05, 3.63) is 33.9 Å². The predicted molar refractivity (Wildman–Crippen MR) is 88.7 cm³/mol. The maximum absolute atomic E-state index is 12.2. The monoisotopic (exact) mass is 365 g/mol. The van der Waals surface area contributed by atoms with Gasteiger partial charge in [0.1, 0.15) is 5.75 Å². The Kier molecular flexibility index (Phi) is 6.10. The molecule has 0 aliphatic carbocycles. The molecule has 10 nitrogen and oxygen atoms in total. The lowest BCUT2D eigenvalue weighted by molar-refractivity contribution is -0.384. The molecule has 0 radical (unpaired) electrons. The fourth-order valence-electron chi connectivity index (χ4n) is 2.61. The minimum Gasteiger partial charge on any atom is -0.493 e. The number of nitro groups is 1. The van der Waals surface area contributed by atoms with Crippen molar-refractivity contribution in [3.8, 4) is 5.75 Å². The molecule has 1 N–H and O–H groups in total. The first-order valence-electron chi connectivity index (χ1n) is 7.97. The van der Waals surface area contributed by atoms with E-state index in [1.807, 2.05) is 0 Å². The normalized spacial score (nSPS) is 14.0. The third kappa shape index (κ3) is 4.68. The van der Waals surface area contributed by atoms with E-state index in [0.717, 1.165) is 0 Å². The van der Waals surface area contributed by atoms with E-state index in [1.54, 1.807) is 11.8 Å². The van der Waals surface area contributed by atoms with Crippen molar-refractivity contribution in [2.45, 2.75) is 13.3 Å². The molecule has 0 atom stereocenters. The molecule has 1 aromatic rings. The Morgan fingerprint density at radius 1 is 1.19 bits per heavy atom. The van der Waals surface area contributed by atoms with Gasteiger partial charge in [0.2, 0.25) is 5.91 Å². The van der Waals surface area contributed by atoms with Crippen molar-refractivity contribution in [2.24, 2.45) is 0 Å². The standard InChI is InChI=1S/C16H19N3O7/c1-11-10-12(19(24)25)2-3-13(11)26-9-4-14(20)17-5-7-18(8-6-17)15(21)16(22)23/h2-3,10H,4-9H2,1H3,(H,22,23). The number of aliphatic carboxylic acids is 1. The summed E-state index contributed by atoms with van der Waals surface area (Å²) in [5.41, 5.74) is 0.576. The van der Waals surface area contributed by atoms with Crippen LogP contribution in [0.15, 0.2) is 18.2 Å². The number of piperazine rings is 1. The number of benzene rings is 1. The number of carbonyl (C=O) groups excluding carboxylic acids is 2. The fourth-order valence-corrected chi connectivity index (χ4v) is 2.61. The van der Waals surface area contributed by atoms with E-state index in [-0.39, 0.29) is 50.8 Å². The summed E-state index contributed by atoms with van der Waals surface area (Å²) in [4.78, 5) is 47.1. The third-order valence-electron chi connectivity index (χ3n) is 4.05. The third-order valence-corrected chi connectivity index (χ3v) is 4.05. The number of rotatable bonds is 5. The van der Waals surface area contributed by atoms with Crippen molar-refractivity contribution in [3.63, 3.8) is 0 Å². The minimum atomic E-state index is -1.50. The summed E-state index contributed by atoms with van der Waals surface area (Å²) in [6.45, 7) is 2.70. The van der Waals surface area contributed by atoms with Crippen LogP contribution in [-0.2, 0) is 14.4 Å². The molecule has 0 aromatic heterocycles. The van der Waals surface area contributed by atoms with Crippen LogP contribution in [0.3, 0.4) is 0 Å². The zero-order valence-corrected chi connectivity index (χ0v) is 14.2. The van der Waals surface area contributed by atoms with Gasteiger partial charge in [0.05, 0.1) is 18.0 Å². The van der Waals surface area contributed by atoms with E-state index in [9.17, 15) is 24.5 Å². The zero-order valence-electron chi connectivity index (χ0n) is 14.2. The Balaban J connectivity index is 1.78. The van der Waals surface area contributed by atoms with Gasteiger partial charge >= 0.3 is 11.9 Å². The molecule has 140 valence electrons. The molecule has 1 aliphatic heterocycles. The summed E-state index contributed by atoms with van der Waals surface area (Å²) in [5.74, 6) is -2.15. The van der Waals surface area contributed by atoms with Crippen LogP contribution >= 0.6 is 0 Å². The first-order valence-corrected chi connectivity index (χ1v) is 7.97. The van der Waals surface area contributed by atoms with Crippen LogP contribution in [0.1, 0.15) is 12.0 Å². The topological polar surface area (TPSA) is 130 Å². The molecule has 26 heavy (non-hydrogen) atoms. The predicted octanol–water partition coefficient (Wildman–Crippen LogP) is 0.428. The smallest absolute Gasteiger partial charge is 0.394 e.